The van der Waals surface area contributed by atoms with Gasteiger partial charge in [0.25, 0.3) is 0 Å². The monoisotopic (exact) mass is 308 g/mol. The summed E-state index contributed by atoms with van der Waals surface area (Å²) in [4.78, 5) is 0. The Labute approximate surface area is 133 Å². The molecule has 0 aromatic heterocycles. The largest absolute Gasteiger partial charge is 0.177 e. The van der Waals surface area contributed by atoms with E-state index in [0.29, 0.717) is 0 Å². The number of rotatable bonds is 0. The maximum absolute atomic E-state index is 3.39. The second-order valence-electron chi connectivity index (χ2n) is 4.83. The minimum atomic E-state index is 0. The van der Waals surface area contributed by atoms with E-state index in [9.17, 15) is 0 Å². The molecular weight excluding hydrogens is 293 g/mol. The van der Waals surface area contributed by atoms with Crippen molar-refractivity contribution in [2.45, 2.75) is 20.8 Å². The van der Waals surface area contributed by atoms with Crippen LogP contribution in [0.15, 0.2) is 36.4 Å². The van der Waals surface area contributed by atoms with E-state index in [4.69, 9.17) is 0 Å². The molecule has 0 saturated heterocycles. The molecule has 3 rings (SSSR count). The molecule has 0 nitrogen and oxygen atoms in total. The van der Waals surface area contributed by atoms with Gasteiger partial charge in [0.2, 0.25) is 0 Å². The molecule has 0 atom stereocenters. The smallest absolute Gasteiger partial charge is 0 e. The Hall–Kier alpha value is -0.716. The molecule has 0 unspecified atom stereocenters. The summed E-state index contributed by atoms with van der Waals surface area (Å²) >= 11 is 0. The molecule has 0 spiro atoms. The SMILES string of the molecule is Cc1[c-]c(C)c2ccc3cc(C)ccc3c2c1.[Y]. The Bertz CT molecular complexity index is 726. The van der Waals surface area contributed by atoms with Crippen LogP contribution in [0.1, 0.15) is 16.7 Å². The van der Waals surface area contributed by atoms with Crippen molar-refractivity contribution >= 4 is 21.5 Å². The molecule has 0 amide bonds. The quantitative estimate of drug-likeness (QED) is 0.416. The first-order valence-corrected chi connectivity index (χ1v) is 5.98. The van der Waals surface area contributed by atoms with Crippen LogP contribution in [-0.4, -0.2) is 0 Å². The van der Waals surface area contributed by atoms with Gasteiger partial charge in [0.1, 0.15) is 0 Å². The van der Waals surface area contributed by atoms with Crippen LogP contribution in [-0.2, 0) is 32.7 Å². The average Bonchev–Trinajstić information content (AvgIpc) is 2.27. The zero-order valence-corrected chi connectivity index (χ0v) is 13.9. The van der Waals surface area contributed by atoms with Gasteiger partial charge in [0.05, 0.1) is 0 Å². The third-order valence-corrected chi connectivity index (χ3v) is 3.37. The molecule has 3 aromatic rings. The number of aryl methyl sites for hydroxylation is 3. The maximum atomic E-state index is 3.39. The molecular formula is C17H15Y-. The minimum Gasteiger partial charge on any atom is -0.177 e. The molecule has 0 heterocycles. The number of benzene rings is 3. The van der Waals surface area contributed by atoms with Gasteiger partial charge >= 0.3 is 0 Å². The zero-order chi connectivity index (χ0) is 12.0. The molecule has 0 aliphatic rings. The van der Waals surface area contributed by atoms with Crippen molar-refractivity contribution in [1.29, 1.82) is 0 Å². The van der Waals surface area contributed by atoms with E-state index in [-0.39, 0.29) is 32.7 Å². The third kappa shape index (κ3) is 2.24. The summed E-state index contributed by atoms with van der Waals surface area (Å²) in [6.45, 7) is 6.38. The van der Waals surface area contributed by atoms with Crippen LogP contribution < -0.4 is 0 Å². The summed E-state index contributed by atoms with van der Waals surface area (Å²) in [6.07, 6.45) is 0. The first-order chi connectivity index (χ1) is 8.15. The van der Waals surface area contributed by atoms with Crippen LogP contribution in [0.5, 0.6) is 0 Å². The summed E-state index contributed by atoms with van der Waals surface area (Å²) < 4.78 is 0. The Morgan fingerprint density at radius 1 is 0.778 bits per heavy atom. The van der Waals surface area contributed by atoms with E-state index in [0.717, 1.165) is 0 Å². The van der Waals surface area contributed by atoms with E-state index < -0.39 is 0 Å². The summed E-state index contributed by atoms with van der Waals surface area (Å²) in [5, 5.41) is 5.32. The van der Waals surface area contributed by atoms with E-state index in [2.05, 4.69) is 63.2 Å². The first-order valence-electron chi connectivity index (χ1n) is 5.98. The second kappa shape index (κ2) is 5.11. The van der Waals surface area contributed by atoms with Crippen molar-refractivity contribution < 1.29 is 32.7 Å². The Morgan fingerprint density at radius 3 is 2.28 bits per heavy atom. The van der Waals surface area contributed by atoms with Gasteiger partial charge in [-0.05, 0) is 17.7 Å². The molecule has 1 heteroatoms. The minimum absolute atomic E-state index is 0. The maximum Gasteiger partial charge on any atom is 0 e. The van der Waals surface area contributed by atoms with Gasteiger partial charge in [-0.3, -0.25) is 0 Å². The van der Waals surface area contributed by atoms with Gasteiger partial charge in [-0.25, -0.2) is 0 Å². The van der Waals surface area contributed by atoms with Crippen LogP contribution in [0.4, 0.5) is 0 Å². The van der Waals surface area contributed by atoms with Gasteiger partial charge < -0.3 is 0 Å². The van der Waals surface area contributed by atoms with Crippen molar-refractivity contribution in [2.24, 2.45) is 0 Å². The standard InChI is InChI=1S/C17H15.Y/c1-11-4-6-16-14(9-11)5-7-15-13(3)8-12(2)10-17(15)16;/h4-7,9-10H,1-3H3;/q-1;. The van der Waals surface area contributed by atoms with Gasteiger partial charge in [-0.1, -0.05) is 43.7 Å². The molecule has 87 valence electrons. The van der Waals surface area contributed by atoms with Crippen LogP contribution in [0.2, 0.25) is 0 Å². The Kier molecular flexibility index (Phi) is 3.89. The van der Waals surface area contributed by atoms with Crippen molar-refractivity contribution in [1.82, 2.24) is 0 Å². The second-order valence-corrected chi connectivity index (χ2v) is 4.83. The molecule has 0 saturated carbocycles. The molecule has 0 fully saturated rings. The van der Waals surface area contributed by atoms with Crippen molar-refractivity contribution in [3.63, 3.8) is 0 Å². The van der Waals surface area contributed by atoms with Crippen LogP contribution in [0.3, 0.4) is 0 Å². The predicted octanol–water partition coefficient (Wildman–Crippen LogP) is 4.72. The zero-order valence-electron chi connectivity index (χ0n) is 11.0. The predicted molar refractivity (Wildman–Crippen MR) is 74.5 cm³/mol. The number of hydrogen-bond acceptors (Lipinski definition) is 0. The molecule has 18 heavy (non-hydrogen) atoms. The van der Waals surface area contributed by atoms with Crippen molar-refractivity contribution in [2.75, 3.05) is 0 Å². The van der Waals surface area contributed by atoms with E-state index in [1.54, 1.807) is 0 Å². The first kappa shape index (κ1) is 13.7. The van der Waals surface area contributed by atoms with E-state index in [1.165, 1.54) is 38.2 Å². The van der Waals surface area contributed by atoms with Crippen molar-refractivity contribution in [3.05, 3.63) is 59.2 Å². The van der Waals surface area contributed by atoms with Gasteiger partial charge in [0, 0.05) is 32.7 Å². The molecule has 0 aliphatic heterocycles. The molecule has 1 radical (unpaired) electrons. The van der Waals surface area contributed by atoms with Gasteiger partial charge in [-0.15, -0.1) is 16.8 Å². The van der Waals surface area contributed by atoms with Crippen LogP contribution >= 0.6 is 0 Å². The van der Waals surface area contributed by atoms with E-state index >= 15 is 0 Å². The number of hydrogen-bond donors (Lipinski definition) is 0. The molecule has 3 aromatic carbocycles. The van der Waals surface area contributed by atoms with Crippen LogP contribution in [0, 0.1) is 26.8 Å². The third-order valence-electron chi connectivity index (χ3n) is 3.37. The summed E-state index contributed by atoms with van der Waals surface area (Å²) in [6, 6.07) is 16.7. The van der Waals surface area contributed by atoms with Crippen LogP contribution in [0.25, 0.3) is 21.5 Å². The Balaban J connectivity index is 0.00000120. The summed E-state index contributed by atoms with van der Waals surface area (Å²) in [5.41, 5.74) is 3.76. The average molecular weight is 308 g/mol. The number of fused-ring (bicyclic) bond motifs is 3. The van der Waals surface area contributed by atoms with Crippen molar-refractivity contribution in [3.8, 4) is 0 Å². The van der Waals surface area contributed by atoms with Gasteiger partial charge in [0.15, 0.2) is 0 Å². The Morgan fingerprint density at radius 2 is 1.50 bits per heavy atom. The molecule has 0 N–H and O–H groups in total. The van der Waals surface area contributed by atoms with Gasteiger partial charge in [-0.2, -0.15) is 23.3 Å². The topological polar surface area (TPSA) is 0 Å². The van der Waals surface area contributed by atoms with E-state index in [1.807, 2.05) is 0 Å². The fourth-order valence-corrected chi connectivity index (χ4v) is 2.57. The molecule has 0 bridgehead atoms. The normalized spacial score (nSPS) is 10.6. The fourth-order valence-electron chi connectivity index (χ4n) is 2.57. The summed E-state index contributed by atoms with van der Waals surface area (Å²) in [7, 11) is 0. The fraction of sp³-hybridized carbons (Fsp3) is 0.176. The summed E-state index contributed by atoms with van der Waals surface area (Å²) in [5.74, 6) is 0. The molecule has 0 aliphatic carbocycles.